The maximum atomic E-state index is 11.0. The van der Waals surface area contributed by atoms with Crippen LogP contribution in [-0.2, 0) is 4.74 Å². The summed E-state index contributed by atoms with van der Waals surface area (Å²) in [6.07, 6.45) is 0.216. The van der Waals surface area contributed by atoms with E-state index in [-0.39, 0.29) is 17.3 Å². The first kappa shape index (κ1) is 14.0. The molecule has 1 atom stereocenters. The number of para-hydroxylation sites is 1. The molecule has 0 saturated carbocycles. The third-order valence-corrected chi connectivity index (χ3v) is 3.16. The van der Waals surface area contributed by atoms with Gasteiger partial charge in [-0.05, 0) is 24.3 Å². The number of nitro benzene ring substituents is 1. The van der Waals surface area contributed by atoms with E-state index in [4.69, 9.17) is 4.74 Å². The molecule has 1 heterocycles. The predicted octanol–water partition coefficient (Wildman–Crippen LogP) is 2.73. The van der Waals surface area contributed by atoms with E-state index in [0.717, 1.165) is 5.56 Å². The Morgan fingerprint density at radius 1 is 1.14 bits per heavy atom. The topological polar surface area (TPSA) is 85.0 Å². The Hall–Kier alpha value is -2.99. The van der Waals surface area contributed by atoms with Gasteiger partial charge in [0.1, 0.15) is 5.70 Å². The summed E-state index contributed by atoms with van der Waals surface area (Å²) >= 11 is 0. The number of aliphatic imine (C=N–C) groups is 1. The summed E-state index contributed by atoms with van der Waals surface area (Å²) in [5.41, 5.74) is 1.27. The lowest BCUT2D eigenvalue weighted by atomic mass is 10.1. The number of benzene rings is 2. The first-order valence-corrected chi connectivity index (χ1v) is 6.59. The van der Waals surface area contributed by atoms with Gasteiger partial charge >= 0.3 is 0 Å². The van der Waals surface area contributed by atoms with E-state index in [0.29, 0.717) is 5.56 Å². The van der Waals surface area contributed by atoms with Gasteiger partial charge < -0.3 is 9.84 Å². The van der Waals surface area contributed by atoms with E-state index < -0.39 is 11.2 Å². The Labute approximate surface area is 126 Å². The maximum Gasteiger partial charge on any atom is 0.276 e. The van der Waals surface area contributed by atoms with Crippen molar-refractivity contribution in [2.75, 3.05) is 0 Å². The van der Waals surface area contributed by atoms with Crippen LogP contribution in [0.1, 0.15) is 11.1 Å². The van der Waals surface area contributed by atoms with Gasteiger partial charge in [-0.25, -0.2) is 4.99 Å². The number of hydrogen-bond donors (Lipinski definition) is 1. The molecule has 3 rings (SSSR count). The van der Waals surface area contributed by atoms with Crippen LogP contribution >= 0.6 is 0 Å². The highest BCUT2D eigenvalue weighted by Crippen LogP contribution is 2.26. The van der Waals surface area contributed by atoms with Crippen molar-refractivity contribution >= 4 is 17.7 Å². The molecular formula is C16H12N2O4. The van der Waals surface area contributed by atoms with Crippen molar-refractivity contribution in [1.29, 1.82) is 0 Å². The van der Waals surface area contributed by atoms with Crippen molar-refractivity contribution in [1.82, 2.24) is 0 Å². The lowest BCUT2D eigenvalue weighted by Crippen LogP contribution is -2.11. The van der Waals surface area contributed by atoms with Crippen molar-refractivity contribution in [3.05, 3.63) is 81.5 Å². The van der Waals surface area contributed by atoms with Crippen LogP contribution in [0.25, 0.3) is 6.08 Å². The van der Waals surface area contributed by atoms with Gasteiger partial charge in [-0.15, -0.1) is 0 Å². The molecule has 2 aromatic carbocycles. The van der Waals surface area contributed by atoms with Crippen molar-refractivity contribution in [3.8, 4) is 0 Å². The molecule has 22 heavy (non-hydrogen) atoms. The molecule has 0 bridgehead atoms. The highest BCUT2D eigenvalue weighted by Gasteiger charge is 2.25. The second-order valence-electron chi connectivity index (χ2n) is 4.64. The summed E-state index contributed by atoms with van der Waals surface area (Å²) in [7, 11) is 0. The SMILES string of the molecule is O=[N+]([O-])c1ccccc1/C=C1/N=C(c2ccccc2)OC1O. The molecule has 6 heteroatoms. The van der Waals surface area contributed by atoms with Gasteiger partial charge in [-0.2, -0.15) is 0 Å². The largest absolute Gasteiger partial charge is 0.441 e. The van der Waals surface area contributed by atoms with E-state index in [9.17, 15) is 15.2 Å². The Bertz CT molecular complexity index is 769. The number of hydrogen-bond acceptors (Lipinski definition) is 5. The zero-order valence-electron chi connectivity index (χ0n) is 11.4. The average Bonchev–Trinajstić information content (AvgIpc) is 2.90. The molecule has 0 saturated heterocycles. The first-order valence-electron chi connectivity index (χ1n) is 6.59. The second-order valence-corrected chi connectivity index (χ2v) is 4.64. The fraction of sp³-hybridized carbons (Fsp3) is 0.0625. The van der Waals surface area contributed by atoms with E-state index in [1.54, 1.807) is 30.3 Å². The van der Waals surface area contributed by atoms with Crippen LogP contribution in [0.3, 0.4) is 0 Å². The Morgan fingerprint density at radius 2 is 1.82 bits per heavy atom. The average molecular weight is 296 g/mol. The van der Waals surface area contributed by atoms with Crippen molar-refractivity contribution in [3.63, 3.8) is 0 Å². The van der Waals surface area contributed by atoms with Crippen LogP contribution in [-0.4, -0.2) is 22.2 Å². The second kappa shape index (κ2) is 5.79. The minimum Gasteiger partial charge on any atom is -0.441 e. The molecule has 1 unspecified atom stereocenters. The maximum absolute atomic E-state index is 11.0. The monoisotopic (exact) mass is 296 g/mol. The van der Waals surface area contributed by atoms with Crippen molar-refractivity contribution in [2.45, 2.75) is 6.29 Å². The van der Waals surface area contributed by atoms with Crippen molar-refractivity contribution in [2.24, 2.45) is 4.99 Å². The zero-order valence-corrected chi connectivity index (χ0v) is 11.4. The van der Waals surface area contributed by atoms with Crippen LogP contribution in [0.5, 0.6) is 0 Å². The summed E-state index contributed by atoms with van der Waals surface area (Å²) in [4.78, 5) is 14.8. The third-order valence-electron chi connectivity index (χ3n) is 3.16. The van der Waals surface area contributed by atoms with E-state index >= 15 is 0 Å². The molecule has 0 amide bonds. The lowest BCUT2D eigenvalue weighted by Gasteiger charge is -2.05. The van der Waals surface area contributed by atoms with Crippen molar-refractivity contribution < 1.29 is 14.8 Å². The van der Waals surface area contributed by atoms with Crippen LogP contribution in [0, 0.1) is 10.1 Å². The third kappa shape index (κ3) is 2.72. The number of nitrogens with zero attached hydrogens (tertiary/aromatic N) is 2. The molecular weight excluding hydrogens is 284 g/mol. The number of nitro groups is 1. The van der Waals surface area contributed by atoms with Gasteiger partial charge in [0.25, 0.3) is 5.69 Å². The molecule has 1 N–H and O–H groups in total. The summed E-state index contributed by atoms with van der Waals surface area (Å²) in [6.45, 7) is 0. The van der Waals surface area contributed by atoms with Crippen LogP contribution in [0.15, 0.2) is 65.3 Å². The molecule has 2 aromatic rings. The normalized spacial score (nSPS) is 18.9. The van der Waals surface area contributed by atoms with E-state index in [2.05, 4.69) is 4.99 Å². The quantitative estimate of drug-likeness (QED) is 0.697. The minimum atomic E-state index is -1.24. The summed E-state index contributed by atoms with van der Waals surface area (Å²) < 4.78 is 5.30. The first-order chi connectivity index (χ1) is 10.6. The van der Waals surface area contributed by atoms with Gasteiger partial charge in [-0.1, -0.05) is 30.3 Å². The van der Waals surface area contributed by atoms with Gasteiger partial charge in [-0.3, -0.25) is 10.1 Å². The number of ether oxygens (including phenoxy) is 1. The van der Waals surface area contributed by atoms with Crippen LogP contribution < -0.4 is 0 Å². The van der Waals surface area contributed by atoms with Gasteiger partial charge in [0.15, 0.2) is 0 Å². The number of rotatable bonds is 3. The molecule has 1 aliphatic rings. The lowest BCUT2D eigenvalue weighted by molar-refractivity contribution is -0.385. The standard InChI is InChI=1S/C16H12N2O4/c19-16-13(10-12-8-4-5-9-14(12)18(20)21)17-15(22-16)11-6-2-1-3-7-11/h1-10,16,19H/b13-10+. The Morgan fingerprint density at radius 3 is 2.55 bits per heavy atom. The Kier molecular flexibility index (Phi) is 3.67. The molecule has 1 aliphatic heterocycles. The summed E-state index contributed by atoms with van der Waals surface area (Å²) in [5, 5.41) is 20.9. The van der Waals surface area contributed by atoms with Gasteiger partial charge in [0, 0.05) is 11.6 Å². The smallest absolute Gasteiger partial charge is 0.276 e. The molecule has 0 radical (unpaired) electrons. The molecule has 0 fully saturated rings. The predicted molar refractivity (Wildman–Crippen MR) is 81.1 cm³/mol. The van der Waals surface area contributed by atoms with E-state index in [1.165, 1.54) is 12.1 Å². The summed E-state index contributed by atoms with van der Waals surface area (Å²) in [6, 6.07) is 15.4. The molecule has 0 aromatic heterocycles. The highest BCUT2D eigenvalue weighted by atomic mass is 16.6. The molecule has 0 aliphatic carbocycles. The number of aliphatic hydroxyl groups is 1. The minimum absolute atomic E-state index is 0.0504. The highest BCUT2D eigenvalue weighted by molar-refractivity contribution is 5.96. The molecule has 110 valence electrons. The fourth-order valence-corrected chi connectivity index (χ4v) is 2.12. The van der Waals surface area contributed by atoms with Gasteiger partial charge in [0.2, 0.25) is 12.2 Å². The van der Waals surface area contributed by atoms with Crippen LogP contribution in [0.2, 0.25) is 0 Å². The van der Waals surface area contributed by atoms with Gasteiger partial charge in [0.05, 0.1) is 10.5 Å². The van der Waals surface area contributed by atoms with Crippen LogP contribution in [0.4, 0.5) is 5.69 Å². The number of aliphatic hydroxyl groups excluding tert-OH is 1. The Balaban J connectivity index is 1.98. The summed E-state index contributed by atoms with van der Waals surface area (Å²) in [5.74, 6) is 0.290. The fourth-order valence-electron chi connectivity index (χ4n) is 2.12. The molecule has 0 spiro atoms. The molecule has 6 nitrogen and oxygen atoms in total. The van der Waals surface area contributed by atoms with E-state index in [1.807, 2.05) is 18.2 Å². The zero-order chi connectivity index (χ0) is 15.5.